The molecule has 1 N–H and O–H groups in total. The molecule has 2 heterocycles. The SMILES string of the molecule is CCOc1ccc(-c2cn3c(n2)sc2cc(C(=O)N[C@@H]4CCCC[C@@H]4C)ccc23)cc1. The van der Waals surface area contributed by atoms with Gasteiger partial charge in [-0.1, -0.05) is 31.1 Å². The fourth-order valence-corrected chi connectivity index (χ4v) is 5.50. The van der Waals surface area contributed by atoms with Gasteiger partial charge in [-0.25, -0.2) is 4.98 Å². The molecule has 2 aromatic heterocycles. The second kappa shape index (κ2) is 8.35. The molecule has 6 heteroatoms. The lowest BCUT2D eigenvalue weighted by Gasteiger charge is -2.29. The number of aromatic nitrogens is 2. The van der Waals surface area contributed by atoms with Crippen molar-refractivity contribution in [1.29, 1.82) is 0 Å². The number of fused-ring (bicyclic) bond motifs is 3. The van der Waals surface area contributed by atoms with Crippen LogP contribution >= 0.6 is 11.3 Å². The van der Waals surface area contributed by atoms with Gasteiger partial charge < -0.3 is 10.1 Å². The van der Waals surface area contributed by atoms with E-state index >= 15 is 0 Å². The Labute approximate surface area is 186 Å². The Balaban J connectivity index is 1.39. The molecule has 1 aliphatic carbocycles. The van der Waals surface area contributed by atoms with Crippen molar-refractivity contribution >= 4 is 32.4 Å². The van der Waals surface area contributed by atoms with Crippen LogP contribution in [-0.4, -0.2) is 27.9 Å². The molecular weight excluding hydrogens is 406 g/mol. The smallest absolute Gasteiger partial charge is 0.251 e. The molecule has 0 saturated heterocycles. The highest BCUT2D eigenvalue weighted by molar-refractivity contribution is 7.23. The number of carbonyl (C=O) groups excluding carboxylic acids is 1. The van der Waals surface area contributed by atoms with Gasteiger partial charge in [-0.3, -0.25) is 9.20 Å². The lowest BCUT2D eigenvalue weighted by molar-refractivity contribution is 0.0910. The molecule has 0 radical (unpaired) electrons. The number of nitrogens with one attached hydrogen (secondary N) is 1. The zero-order valence-corrected chi connectivity index (χ0v) is 18.7. The highest BCUT2D eigenvalue weighted by Crippen LogP contribution is 2.31. The molecule has 1 aliphatic rings. The van der Waals surface area contributed by atoms with E-state index in [9.17, 15) is 4.79 Å². The molecule has 1 fully saturated rings. The second-order valence-corrected chi connectivity index (χ2v) is 9.37. The number of rotatable bonds is 5. The van der Waals surface area contributed by atoms with Crippen molar-refractivity contribution in [2.45, 2.75) is 45.6 Å². The summed E-state index contributed by atoms with van der Waals surface area (Å²) in [5.74, 6) is 1.44. The van der Waals surface area contributed by atoms with Crippen LogP contribution in [0.5, 0.6) is 5.75 Å². The normalized spacial score (nSPS) is 19.0. The molecule has 0 bridgehead atoms. The maximum Gasteiger partial charge on any atom is 0.251 e. The van der Waals surface area contributed by atoms with E-state index < -0.39 is 0 Å². The maximum atomic E-state index is 12.8. The van der Waals surface area contributed by atoms with Gasteiger partial charge in [0.15, 0.2) is 4.96 Å². The first kappa shape index (κ1) is 20.1. The van der Waals surface area contributed by atoms with Crippen LogP contribution in [0.4, 0.5) is 0 Å². The summed E-state index contributed by atoms with van der Waals surface area (Å²) in [7, 11) is 0. The van der Waals surface area contributed by atoms with Crippen molar-refractivity contribution in [1.82, 2.24) is 14.7 Å². The van der Waals surface area contributed by atoms with Crippen LogP contribution in [0.25, 0.3) is 26.4 Å². The molecule has 31 heavy (non-hydrogen) atoms. The number of carbonyl (C=O) groups is 1. The van der Waals surface area contributed by atoms with Crippen molar-refractivity contribution in [2.75, 3.05) is 6.61 Å². The van der Waals surface area contributed by atoms with Crippen molar-refractivity contribution in [2.24, 2.45) is 5.92 Å². The summed E-state index contributed by atoms with van der Waals surface area (Å²) in [5.41, 5.74) is 3.79. The maximum absolute atomic E-state index is 12.8. The van der Waals surface area contributed by atoms with Crippen LogP contribution in [0.15, 0.2) is 48.7 Å². The van der Waals surface area contributed by atoms with E-state index in [4.69, 9.17) is 9.72 Å². The highest BCUT2D eigenvalue weighted by Gasteiger charge is 2.23. The molecule has 2 atom stereocenters. The van der Waals surface area contributed by atoms with Crippen molar-refractivity contribution in [3.63, 3.8) is 0 Å². The summed E-state index contributed by atoms with van der Waals surface area (Å²) in [4.78, 5) is 18.6. The molecule has 0 spiro atoms. The van der Waals surface area contributed by atoms with E-state index in [-0.39, 0.29) is 11.9 Å². The lowest BCUT2D eigenvalue weighted by Crippen LogP contribution is -2.41. The first-order valence-corrected chi connectivity index (χ1v) is 11.9. The minimum Gasteiger partial charge on any atom is -0.494 e. The molecule has 4 aromatic rings. The predicted molar refractivity (Wildman–Crippen MR) is 126 cm³/mol. The number of ether oxygens (including phenoxy) is 1. The average molecular weight is 434 g/mol. The Bertz CT molecular complexity index is 1230. The van der Waals surface area contributed by atoms with Gasteiger partial charge >= 0.3 is 0 Å². The molecule has 0 unspecified atom stereocenters. The van der Waals surface area contributed by atoms with Gasteiger partial charge in [0.25, 0.3) is 5.91 Å². The summed E-state index contributed by atoms with van der Waals surface area (Å²) in [6, 6.07) is 14.3. The van der Waals surface area contributed by atoms with Gasteiger partial charge in [0, 0.05) is 23.4 Å². The molecule has 5 nitrogen and oxygen atoms in total. The topological polar surface area (TPSA) is 55.6 Å². The number of nitrogens with zero attached hydrogens (tertiary/aromatic N) is 2. The van der Waals surface area contributed by atoms with E-state index in [0.717, 1.165) is 44.2 Å². The van der Waals surface area contributed by atoms with Crippen LogP contribution < -0.4 is 10.1 Å². The van der Waals surface area contributed by atoms with Crippen LogP contribution in [-0.2, 0) is 0 Å². The Hall–Kier alpha value is -2.86. The van der Waals surface area contributed by atoms with Gasteiger partial charge in [-0.05, 0) is 68.1 Å². The standard InChI is InChI=1S/C25H27N3O2S/c1-3-30-19-11-8-17(9-12-19)21-15-28-22-13-10-18(14-23(22)31-25(28)27-21)24(29)26-20-7-5-4-6-16(20)2/h8-16,20H,3-7H2,1-2H3,(H,26,29)/t16-,20+/m0/s1. The summed E-state index contributed by atoms with van der Waals surface area (Å²) >= 11 is 1.61. The van der Waals surface area contributed by atoms with Crippen LogP contribution in [0, 0.1) is 5.92 Å². The van der Waals surface area contributed by atoms with Crippen LogP contribution in [0.2, 0.25) is 0 Å². The first-order chi connectivity index (χ1) is 15.1. The minimum absolute atomic E-state index is 0.0294. The zero-order chi connectivity index (χ0) is 21.4. The van der Waals surface area contributed by atoms with Gasteiger partial charge in [-0.15, -0.1) is 0 Å². The van der Waals surface area contributed by atoms with Gasteiger partial charge in [-0.2, -0.15) is 0 Å². The number of thiazole rings is 1. The van der Waals surface area contributed by atoms with Crippen LogP contribution in [0.1, 0.15) is 49.9 Å². The molecule has 1 saturated carbocycles. The number of amides is 1. The summed E-state index contributed by atoms with van der Waals surface area (Å²) in [6.07, 6.45) is 6.81. The van der Waals surface area contributed by atoms with E-state index in [1.165, 1.54) is 19.3 Å². The number of imidazole rings is 1. The van der Waals surface area contributed by atoms with Crippen molar-refractivity contribution < 1.29 is 9.53 Å². The van der Waals surface area contributed by atoms with E-state index in [0.29, 0.717) is 12.5 Å². The Morgan fingerprint density at radius 1 is 1.19 bits per heavy atom. The second-order valence-electron chi connectivity index (χ2n) is 8.36. The number of benzene rings is 2. The number of hydrogen-bond acceptors (Lipinski definition) is 4. The van der Waals surface area contributed by atoms with Crippen molar-refractivity contribution in [3.8, 4) is 17.0 Å². The average Bonchev–Trinajstić information content (AvgIpc) is 3.33. The third-order valence-electron chi connectivity index (χ3n) is 6.25. The number of hydrogen-bond donors (Lipinski definition) is 1. The molecule has 1 amide bonds. The molecule has 5 rings (SSSR count). The summed E-state index contributed by atoms with van der Waals surface area (Å²) < 4.78 is 8.71. The fraction of sp³-hybridized carbons (Fsp3) is 0.360. The van der Waals surface area contributed by atoms with E-state index in [1.807, 2.05) is 49.4 Å². The molecule has 2 aromatic carbocycles. The third kappa shape index (κ3) is 3.92. The zero-order valence-electron chi connectivity index (χ0n) is 17.9. The minimum atomic E-state index is 0.0294. The largest absolute Gasteiger partial charge is 0.494 e. The predicted octanol–water partition coefficient (Wildman–Crippen LogP) is 5.92. The van der Waals surface area contributed by atoms with Gasteiger partial charge in [0.05, 0.1) is 22.5 Å². The Morgan fingerprint density at radius 2 is 2.00 bits per heavy atom. The van der Waals surface area contributed by atoms with E-state index in [1.54, 1.807) is 11.3 Å². The Morgan fingerprint density at radius 3 is 2.77 bits per heavy atom. The fourth-order valence-electron chi connectivity index (χ4n) is 4.45. The molecular formula is C25H27N3O2S. The molecule has 0 aliphatic heterocycles. The van der Waals surface area contributed by atoms with Gasteiger partial charge in [0.2, 0.25) is 0 Å². The van der Waals surface area contributed by atoms with Gasteiger partial charge in [0.1, 0.15) is 5.75 Å². The quantitative estimate of drug-likeness (QED) is 0.425. The summed E-state index contributed by atoms with van der Waals surface area (Å²) in [5, 5.41) is 3.25. The highest BCUT2D eigenvalue weighted by atomic mass is 32.1. The third-order valence-corrected chi connectivity index (χ3v) is 7.26. The molecule has 160 valence electrons. The van der Waals surface area contributed by atoms with Crippen LogP contribution in [0.3, 0.4) is 0 Å². The monoisotopic (exact) mass is 433 g/mol. The first-order valence-electron chi connectivity index (χ1n) is 11.1. The lowest BCUT2D eigenvalue weighted by atomic mass is 9.86. The Kier molecular flexibility index (Phi) is 5.40. The van der Waals surface area contributed by atoms with Crippen molar-refractivity contribution in [3.05, 3.63) is 54.2 Å². The summed E-state index contributed by atoms with van der Waals surface area (Å²) in [6.45, 7) is 4.88. The van der Waals surface area contributed by atoms with E-state index in [2.05, 4.69) is 22.8 Å².